The Bertz CT molecular complexity index is 1010. The highest BCUT2D eigenvalue weighted by molar-refractivity contribution is 6.03. The summed E-state index contributed by atoms with van der Waals surface area (Å²) in [7, 11) is 4.68. The SMILES string of the molecule is COc1ccc(NC(=O)c2cnc(Nc3cc(C)ccc3OC)cn2)c(OC)c1. The highest BCUT2D eigenvalue weighted by Gasteiger charge is 2.13. The third kappa shape index (κ3) is 4.73. The van der Waals surface area contributed by atoms with E-state index in [2.05, 4.69) is 20.6 Å². The lowest BCUT2D eigenvalue weighted by Crippen LogP contribution is -2.15. The number of nitrogens with zero attached hydrogens (tertiary/aromatic N) is 2. The summed E-state index contributed by atoms with van der Waals surface area (Å²) in [6, 6.07) is 10.9. The number of nitrogens with one attached hydrogen (secondary N) is 2. The van der Waals surface area contributed by atoms with Crippen LogP contribution in [0.2, 0.25) is 0 Å². The molecule has 1 amide bonds. The number of rotatable bonds is 7. The molecule has 0 aliphatic rings. The van der Waals surface area contributed by atoms with Crippen LogP contribution in [0.25, 0.3) is 0 Å². The van der Waals surface area contributed by atoms with Gasteiger partial charge in [-0.3, -0.25) is 4.79 Å². The van der Waals surface area contributed by atoms with Gasteiger partial charge in [-0.2, -0.15) is 0 Å². The van der Waals surface area contributed by atoms with Crippen molar-refractivity contribution in [2.75, 3.05) is 32.0 Å². The Morgan fingerprint density at radius 2 is 1.66 bits per heavy atom. The standard InChI is InChI=1S/C21H22N4O4/c1-13-5-8-18(28-3)16(9-13)24-20-12-22-17(11-23-20)21(26)25-15-7-6-14(27-2)10-19(15)29-4/h5-12H,1-4H3,(H,23,24)(H,25,26). The van der Waals surface area contributed by atoms with Crippen LogP contribution >= 0.6 is 0 Å². The monoisotopic (exact) mass is 394 g/mol. The van der Waals surface area contributed by atoms with Crippen LogP contribution < -0.4 is 24.8 Å². The van der Waals surface area contributed by atoms with Crippen molar-refractivity contribution in [1.29, 1.82) is 0 Å². The molecule has 0 atom stereocenters. The first-order valence-corrected chi connectivity index (χ1v) is 8.81. The molecule has 0 aliphatic carbocycles. The lowest BCUT2D eigenvalue weighted by molar-refractivity contribution is 0.102. The predicted molar refractivity (Wildman–Crippen MR) is 111 cm³/mol. The van der Waals surface area contributed by atoms with E-state index in [4.69, 9.17) is 14.2 Å². The Morgan fingerprint density at radius 3 is 2.31 bits per heavy atom. The van der Waals surface area contributed by atoms with Crippen LogP contribution in [0.3, 0.4) is 0 Å². The quantitative estimate of drug-likeness (QED) is 0.629. The van der Waals surface area contributed by atoms with Crippen LogP contribution in [0.5, 0.6) is 17.2 Å². The van der Waals surface area contributed by atoms with Crippen molar-refractivity contribution >= 4 is 23.1 Å². The number of aromatic nitrogens is 2. The number of hydrogen-bond donors (Lipinski definition) is 2. The molecule has 0 bridgehead atoms. The summed E-state index contributed by atoms with van der Waals surface area (Å²) < 4.78 is 15.8. The average Bonchev–Trinajstić information content (AvgIpc) is 2.74. The summed E-state index contributed by atoms with van der Waals surface area (Å²) in [5.74, 6) is 1.89. The number of hydrogen-bond acceptors (Lipinski definition) is 7. The topological polar surface area (TPSA) is 94.6 Å². The first-order chi connectivity index (χ1) is 14.0. The van der Waals surface area contributed by atoms with Gasteiger partial charge < -0.3 is 24.8 Å². The van der Waals surface area contributed by atoms with Crippen LogP contribution in [-0.4, -0.2) is 37.2 Å². The third-order valence-corrected chi connectivity index (χ3v) is 4.16. The number of anilines is 3. The van der Waals surface area contributed by atoms with Crippen molar-refractivity contribution in [2.24, 2.45) is 0 Å². The highest BCUT2D eigenvalue weighted by Crippen LogP contribution is 2.30. The number of carbonyl (C=O) groups is 1. The largest absolute Gasteiger partial charge is 0.497 e. The van der Waals surface area contributed by atoms with E-state index in [0.717, 1.165) is 11.3 Å². The van der Waals surface area contributed by atoms with Crippen molar-refractivity contribution < 1.29 is 19.0 Å². The number of ether oxygens (including phenoxy) is 3. The Morgan fingerprint density at radius 1 is 0.862 bits per heavy atom. The van der Waals surface area contributed by atoms with E-state index in [1.54, 1.807) is 32.4 Å². The summed E-state index contributed by atoms with van der Waals surface area (Å²) in [6.45, 7) is 1.98. The maximum Gasteiger partial charge on any atom is 0.275 e. The van der Waals surface area contributed by atoms with Crippen LogP contribution in [0.4, 0.5) is 17.2 Å². The predicted octanol–water partition coefficient (Wildman–Crippen LogP) is 3.81. The maximum atomic E-state index is 12.5. The van der Waals surface area contributed by atoms with Gasteiger partial charge in [-0.1, -0.05) is 6.07 Å². The zero-order valence-electron chi connectivity index (χ0n) is 16.6. The molecular weight excluding hydrogens is 372 g/mol. The molecule has 2 N–H and O–H groups in total. The maximum absolute atomic E-state index is 12.5. The molecule has 0 aliphatic heterocycles. The summed E-state index contributed by atoms with van der Waals surface area (Å²) in [5.41, 5.74) is 2.52. The molecule has 3 aromatic rings. The minimum atomic E-state index is -0.402. The Labute approximate surface area is 168 Å². The number of methoxy groups -OCH3 is 3. The van der Waals surface area contributed by atoms with Gasteiger partial charge in [0.2, 0.25) is 0 Å². The smallest absolute Gasteiger partial charge is 0.275 e. The molecule has 150 valence electrons. The Balaban J connectivity index is 1.73. The van der Waals surface area contributed by atoms with Gasteiger partial charge in [-0.25, -0.2) is 9.97 Å². The van der Waals surface area contributed by atoms with Gasteiger partial charge in [0.05, 0.1) is 45.1 Å². The molecule has 1 aromatic heterocycles. The van der Waals surface area contributed by atoms with Crippen molar-refractivity contribution in [1.82, 2.24) is 9.97 Å². The van der Waals surface area contributed by atoms with Gasteiger partial charge in [-0.05, 0) is 36.8 Å². The minimum Gasteiger partial charge on any atom is -0.497 e. The van der Waals surface area contributed by atoms with Crippen LogP contribution in [0, 0.1) is 6.92 Å². The van der Waals surface area contributed by atoms with Gasteiger partial charge in [0.25, 0.3) is 5.91 Å². The van der Waals surface area contributed by atoms with Crippen LogP contribution in [0.15, 0.2) is 48.8 Å². The fourth-order valence-corrected chi connectivity index (χ4v) is 2.66. The fourth-order valence-electron chi connectivity index (χ4n) is 2.66. The Hall–Kier alpha value is -3.81. The minimum absolute atomic E-state index is 0.171. The third-order valence-electron chi connectivity index (χ3n) is 4.16. The molecule has 1 heterocycles. The lowest BCUT2D eigenvalue weighted by atomic mass is 10.2. The van der Waals surface area contributed by atoms with E-state index in [1.165, 1.54) is 19.5 Å². The van der Waals surface area contributed by atoms with Crippen molar-refractivity contribution in [3.8, 4) is 17.2 Å². The first-order valence-electron chi connectivity index (χ1n) is 8.81. The summed E-state index contributed by atoms with van der Waals surface area (Å²) in [6.07, 6.45) is 2.89. The highest BCUT2D eigenvalue weighted by atomic mass is 16.5. The molecule has 2 aromatic carbocycles. The molecule has 0 saturated heterocycles. The van der Waals surface area contributed by atoms with Crippen molar-refractivity contribution in [3.63, 3.8) is 0 Å². The number of benzene rings is 2. The van der Waals surface area contributed by atoms with Crippen LogP contribution in [0.1, 0.15) is 16.1 Å². The number of amides is 1. The molecule has 0 spiro atoms. The average molecular weight is 394 g/mol. The van der Waals surface area contributed by atoms with E-state index in [-0.39, 0.29) is 5.69 Å². The fraction of sp³-hybridized carbons (Fsp3) is 0.190. The van der Waals surface area contributed by atoms with Gasteiger partial charge in [0.1, 0.15) is 28.8 Å². The number of aryl methyl sites for hydroxylation is 1. The van der Waals surface area contributed by atoms with Crippen LogP contribution in [-0.2, 0) is 0 Å². The normalized spacial score (nSPS) is 10.2. The van der Waals surface area contributed by atoms with Gasteiger partial charge in [0, 0.05) is 6.07 Å². The molecule has 0 radical (unpaired) electrons. The number of carbonyl (C=O) groups excluding carboxylic acids is 1. The molecule has 3 rings (SSSR count). The zero-order chi connectivity index (χ0) is 20.8. The summed E-state index contributed by atoms with van der Waals surface area (Å²) in [4.78, 5) is 21.0. The first kappa shape index (κ1) is 19.9. The lowest BCUT2D eigenvalue weighted by Gasteiger charge is -2.12. The molecule has 0 fully saturated rings. The van der Waals surface area contributed by atoms with E-state index < -0.39 is 5.91 Å². The van der Waals surface area contributed by atoms with E-state index in [1.807, 2.05) is 25.1 Å². The second-order valence-corrected chi connectivity index (χ2v) is 6.14. The van der Waals surface area contributed by atoms with E-state index >= 15 is 0 Å². The molecule has 8 nitrogen and oxygen atoms in total. The van der Waals surface area contributed by atoms with Gasteiger partial charge in [0.15, 0.2) is 0 Å². The second-order valence-electron chi connectivity index (χ2n) is 6.14. The molecule has 0 saturated carbocycles. The molecule has 8 heteroatoms. The Kier molecular flexibility index (Phi) is 6.13. The molecule has 29 heavy (non-hydrogen) atoms. The van der Waals surface area contributed by atoms with E-state index in [9.17, 15) is 4.79 Å². The van der Waals surface area contributed by atoms with Gasteiger partial charge >= 0.3 is 0 Å². The van der Waals surface area contributed by atoms with Gasteiger partial charge in [-0.15, -0.1) is 0 Å². The van der Waals surface area contributed by atoms with Crippen molar-refractivity contribution in [2.45, 2.75) is 6.92 Å². The summed E-state index contributed by atoms with van der Waals surface area (Å²) >= 11 is 0. The second kappa shape index (κ2) is 8.92. The summed E-state index contributed by atoms with van der Waals surface area (Å²) in [5, 5.41) is 5.91. The zero-order valence-corrected chi connectivity index (χ0v) is 16.6. The molecule has 0 unspecified atom stereocenters. The van der Waals surface area contributed by atoms with E-state index in [0.29, 0.717) is 28.8 Å². The molecular formula is C21H22N4O4. The van der Waals surface area contributed by atoms with Crippen molar-refractivity contribution in [3.05, 3.63) is 60.0 Å².